The Balaban J connectivity index is 1.70. The number of halogens is 2. The van der Waals surface area contributed by atoms with E-state index in [1.54, 1.807) is 29.2 Å². The number of ether oxygens (including phenoxy) is 1. The fourth-order valence-corrected chi connectivity index (χ4v) is 4.44. The molecule has 0 bridgehead atoms. The molecule has 0 unspecified atom stereocenters. The van der Waals surface area contributed by atoms with Gasteiger partial charge in [-0.05, 0) is 60.4 Å². The van der Waals surface area contributed by atoms with Gasteiger partial charge in [0.05, 0.1) is 13.1 Å². The fraction of sp³-hybridized carbons (Fsp3) is 0.400. The molecule has 2 amide bonds. The third-order valence-corrected chi connectivity index (χ3v) is 6.77. The van der Waals surface area contributed by atoms with Crippen LogP contribution in [0.4, 0.5) is 0 Å². The molecule has 38 heavy (non-hydrogen) atoms. The van der Waals surface area contributed by atoms with Crippen molar-refractivity contribution < 1.29 is 14.3 Å². The van der Waals surface area contributed by atoms with Crippen molar-refractivity contribution in [1.29, 1.82) is 0 Å². The summed E-state index contributed by atoms with van der Waals surface area (Å²) in [6.45, 7) is 8.28. The summed E-state index contributed by atoms with van der Waals surface area (Å²) in [4.78, 5) is 30.1. The van der Waals surface area contributed by atoms with Crippen LogP contribution in [0.5, 0.6) is 5.75 Å². The van der Waals surface area contributed by atoms with Crippen LogP contribution in [0.1, 0.15) is 44.9 Å². The number of carbonyl (C=O) groups is 2. The van der Waals surface area contributed by atoms with Crippen LogP contribution in [0.15, 0.2) is 66.9 Å². The third kappa shape index (κ3) is 9.10. The first-order valence-electron chi connectivity index (χ1n) is 13.1. The van der Waals surface area contributed by atoms with E-state index in [2.05, 4.69) is 25.3 Å². The molecule has 6 nitrogen and oxygen atoms in total. The predicted molar refractivity (Wildman–Crippen MR) is 154 cm³/mol. The number of hydrogen-bond donors (Lipinski definition) is 0. The molecule has 0 aliphatic carbocycles. The van der Waals surface area contributed by atoms with Gasteiger partial charge in [0, 0.05) is 41.6 Å². The Morgan fingerprint density at radius 2 is 1.68 bits per heavy atom. The Morgan fingerprint density at radius 3 is 2.37 bits per heavy atom. The summed E-state index contributed by atoms with van der Waals surface area (Å²) in [5, 5.41) is 1.32. The second kappa shape index (κ2) is 14.8. The van der Waals surface area contributed by atoms with Crippen LogP contribution in [0.3, 0.4) is 0 Å². The quantitative estimate of drug-likeness (QED) is 0.226. The molecule has 3 aromatic rings. The molecule has 204 valence electrons. The Kier molecular flexibility index (Phi) is 11.6. The summed E-state index contributed by atoms with van der Waals surface area (Å²) < 4.78 is 7.78. The first kappa shape index (κ1) is 29.6. The molecule has 0 spiro atoms. The molecule has 0 radical (unpaired) electrons. The van der Waals surface area contributed by atoms with Crippen molar-refractivity contribution in [3.63, 3.8) is 0 Å². The van der Waals surface area contributed by atoms with Crippen molar-refractivity contribution in [2.75, 3.05) is 26.2 Å². The SMILES string of the molecule is CCCCN(CC(=O)N(Cc1cccn1Cc1ccccc1Cl)CC(C)C)C(=O)COc1ccc(Cl)cc1. The molecule has 0 saturated carbocycles. The van der Waals surface area contributed by atoms with Gasteiger partial charge in [-0.1, -0.05) is 68.6 Å². The smallest absolute Gasteiger partial charge is 0.260 e. The monoisotopic (exact) mass is 557 g/mol. The molecule has 0 atom stereocenters. The number of amides is 2. The lowest BCUT2D eigenvalue weighted by Gasteiger charge is -2.29. The summed E-state index contributed by atoms with van der Waals surface area (Å²) in [6, 6.07) is 18.6. The summed E-state index contributed by atoms with van der Waals surface area (Å²) in [6.07, 6.45) is 3.73. The Labute approximate surface area is 236 Å². The topological polar surface area (TPSA) is 54.8 Å². The Bertz CT molecular complexity index is 1180. The van der Waals surface area contributed by atoms with Crippen LogP contribution < -0.4 is 4.74 Å². The van der Waals surface area contributed by atoms with Crippen molar-refractivity contribution >= 4 is 35.0 Å². The second-order valence-electron chi connectivity index (χ2n) is 9.80. The van der Waals surface area contributed by atoms with E-state index in [0.29, 0.717) is 42.0 Å². The molecule has 0 N–H and O–H groups in total. The van der Waals surface area contributed by atoms with E-state index in [1.165, 1.54) is 0 Å². The van der Waals surface area contributed by atoms with Crippen molar-refractivity contribution in [2.45, 2.75) is 46.7 Å². The van der Waals surface area contributed by atoms with E-state index >= 15 is 0 Å². The normalized spacial score (nSPS) is 11.0. The van der Waals surface area contributed by atoms with Crippen molar-refractivity contribution in [1.82, 2.24) is 14.4 Å². The minimum atomic E-state index is -0.214. The van der Waals surface area contributed by atoms with Crippen LogP contribution in [-0.2, 0) is 22.7 Å². The van der Waals surface area contributed by atoms with Crippen LogP contribution in [0.25, 0.3) is 0 Å². The molecule has 8 heteroatoms. The van der Waals surface area contributed by atoms with Crippen molar-refractivity contribution in [3.05, 3.63) is 88.2 Å². The molecule has 0 aliphatic heterocycles. The number of unbranched alkanes of at least 4 members (excludes halogenated alkanes) is 1. The third-order valence-electron chi connectivity index (χ3n) is 6.15. The van der Waals surface area contributed by atoms with Gasteiger partial charge in [0.15, 0.2) is 6.61 Å². The molecule has 2 aromatic carbocycles. The largest absolute Gasteiger partial charge is 0.484 e. The lowest BCUT2D eigenvalue weighted by molar-refractivity contribution is -0.142. The maximum atomic E-state index is 13.6. The molecule has 0 saturated heterocycles. The highest BCUT2D eigenvalue weighted by molar-refractivity contribution is 6.31. The van der Waals surface area contributed by atoms with Gasteiger partial charge in [0.1, 0.15) is 5.75 Å². The highest BCUT2D eigenvalue weighted by Gasteiger charge is 2.23. The van der Waals surface area contributed by atoms with Gasteiger partial charge in [-0.15, -0.1) is 0 Å². The van der Waals surface area contributed by atoms with Gasteiger partial charge in [0.25, 0.3) is 5.91 Å². The lowest BCUT2D eigenvalue weighted by Crippen LogP contribution is -2.45. The molecule has 0 fully saturated rings. The number of benzene rings is 2. The maximum Gasteiger partial charge on any atom is 0.260 e. The summed E-state index contributed by atoms with van der Waals surface area (Å²) in [7, 11) is 0. The summed E-state index contributed by atoms with van der Waals surface area (Å²) >= 11 is 12.3. The second-order valence-corrected chi connectivity index (χ2v) is 10.6. The van der Waals surface area contributed by atoms with Gasteiger partial charge in [0.2, 0.25) is 5.91 Å². The molecular weight excluding hydrogens is 521 g/mol. The minimum Gasteiger partial charge on any atom is -0.484 e. The Morgan fingerprint density at radius 1 is 0.947 bits per heavy atom. The van der Waals surface area contributed by atoms with E-state index in [0.717, 1.165) is 24.1 Å². The first-order chi connectivity index (χ1) is 18.3. The summed E-state index contributed by atoms with van der Waals surface area (Å²) in [5.74, 6) is 0.540. The first-order valence-corrected chi connectivity index (χ1v) is 13.8. The molecule has 1 aromatic heterocycles. The molecule has 3 rings (SSSR count). The highest BCUT2D eigenvalue weighted by Crippen LogP contribution is 2.19. The molecule has 0 aliphatic rings. The van der Waals surface area contributed by atoms with Gasteiger partial charge in [-0.2, -0.15) is 0 Å². The maximum absolute atomic E-state index is 13.6. The van der Waals surface area contributed by atoms with Crippen LogP contribution in [-0.4, -0.2) is 52.4 Å². The number of carbonyl (C=O) groups excluding carboxylic acids is 2. The van der Waals surface area contributed by atoms with Gasteiger partial charge in [-0.3, -0.25) is 9.59 Å². The lowest BCUT2D eigenvalue weighted by atomic mass is 10.2. The molecule has 1 heterocycles. The zero-order valence-electron chi connectivity index (χ0n) is 22.4. The van der Waals surface area contributed by atoms with E-state index in [1.807, 2.05) is 47.5 Å². The van der Waals surface area contributed by atoms with Crippen molar-refractivity contribution in [3.8, 4) is 5.75 Å². The van der Waals surface area contributed by atoms with E-state index in [9.17, 15) is 9.59 Å². The highest BCUT2D eigenvalue weighted by atomic mass is 35.5. The van der Waals surface area contributed by atoms with Crippen molar-refractivity contribution in [2.24, 2.45) is 5.92 Å². The minimum absolute atomic E-state index is 0.0146. The zero-order valence-corrected chi connectivity index (χ0v) is 23.9. The number of aromatic nitrogens is 1. The number of nitrogens with zero attached hydrogens (tertiary/aromatic N) is 3. The summed E-state index contributed by atoms with van der Waals surface area (Å²) in [5.41, 5.74) is 2.03. The fourth-order valence-electron chi connectivity index (χ4n) is 4.12. The average molecular weight is 559 g/mol. The van der Waals surface area contributed by atoms with Crippen LogP contribution >= 0.6 is 23.2 Å². The average Bonchev–Trinajstić information content (AvgIpc) is 3.33. The van der Waals surface area contributed by atoms with Gasteiger partial charge >= 0.3 is 0 Å². The van der Waals surface area contributed by atoms with E-state index in [4.69, 9.17) is 27.9 Å². The number of hydrogen-bond acceptors (Lipinski definition) is 3. The van der Waals surface area contributed by atoms with Gasteiger partial charge in [-0.25, -0.2) is 0 Å². The van der Waals surface area contributed by atoms with Crippen LogP contribution in [0, 0.1) is 5.92 Å². The molecular formula is C30H37Cl2N3O3. The van der Waals surface area contributed by atoms with E-state index < -0.39 is 0 Å². The standard InChI is InChI=1S/C30H37Cl2N3O3/c1-4-5-16-34(30(37)22-38-27-14-12-25(31)13-15-27)21-29(36)35(18-23(2)3)20-26-10-8-17-33(26)19-24-9-6-7-11-28(24)32/h6-15,17,23H,4-5,16,18-22H2,1-3H3. The predicted octanol–water partition coefficient (Wildman–Crippen LogP) is 6.54. The number of rotatable bonds is 14. The van der Waals surface area contributed by atoms with Gasteiger partial charge < -0.3 is 19.1 Å². The zero-order chi connectivity index (χ0) is 27.5. The van der Waals surface area contributed by atoms with Crippen LogP contribution in [0.2, 0.25) is 10.0 Å². The Hall–Kier alpha value is -2.96. The van der Waals surface area contributed by atoms with E-state index in [-0.39, 0.29) is 30.9 Å².